The van der Waals surface area contributed by atoms with Crippen molar-refractivity contribution >= 4 is 34.9 Å². The van der Waals surface area contributed by atoms with Crippen LogP contribution >= 0.6 is 23.4 Å². The molecule has 4 heteroatoms. The number of carbonyl (C=O) groups is 1. The lowest BCUT2D eigenvalue weighted by Crippen LogP contribution is -2.02. The molecule has 0 radical (unpaired) electrons. The Hall–Kier alpha value is -0.930. The molecule has 0 unspecified atom stereocenters. The molecule has 2 nitrogen and oxygen atoms in total. The van der Waals surface area contributed by atoms with E-state index in [0.29, 0.717) is 22.1 Å². The second kappa shape index (κ2) is 6.49. The maximum Gasteiger partial charge on any atom is 0.335 e. The van der Waals surface area contributed by atoms with Crippen LogP contribution in [0.2, 0.25) is 5.02 Å². The van der Waals surface area contributed by atoms with Crippen LogP contribution in [0.3, 0.4) is 0 Å². The van der Waals surface area contributed by atoms with Gasteiger partial charge < -0.3 is 5.11 Å². The lowest BCUT2D eigenvalue weighted by atomic mass is 9.99. The van der Waals surface area contributed by atoms with E-state index < -0.39 is 5.97 Å². The highest BCUT2D eigenvalue weighted by molar-refractivity contribution is 7.98. The topological polar surface area (TPSA) is 37.3 Å². The van der Waals surface area contributed by atoms with Crippen LogP contribution in [0.15, 0.2) is 29.2 Å². The predicted octanol–water partition coefficient (Wildman–Crippen LogP) is 4.72. The molecule has 0 aromatic heterocycles. The molecule has 1 aliphatic carbocycles. The van der Waals surface area contributed by atoms with Crippen LogP contribution in [-0.2, 0) is 4.79 Å². The molecule has 1 aromatic rings. The number of allylic oxidation sites excluding steroid dienone is 1. The smallest absolute Gasteiger partial charge is 0.335 e. The zero-order chi connectivity index (χ0) is 13.8. The summed E-state index contributed by atoms with van der Waals surface area (Å²) in [4.78, 5) is 12.4. The van der Waals surface area contributed by atoms with E-state index in [1.165, 1.54) is 12.8 Å². The molecule has 0 saturated heterocycles. The first-order valence-corrected chi connectivity index (χ1v) is 8.01. The van der Waals surface area contributed by atoms with Gasteiger partial charge in [0.15, 0.2) is 0 Å². The number of hydrogen-bond acceptors (Lipinski definition) is 2. The Labute approximate surface area is 122 Å². The van der Waals surface area contributed by atoms with E-state index in [1.54, 1.807) is 17.8 Å². The average Bonchev–Trinajstić information content (AvgIpc) is 2.88. The van der Waals surface area contributed by atoms with Gasteiger partial charge in [-0.1, -0.05) is 36.6 Å². The van der Waals surface area contributed by atoms with Crippen LogP contribution in [0.5, 0.6) is 0 Å². The number of carboxylic acid groups (broad SMARTS) is 1. The van der Waals surface area contributed by atoms with Gasteiger partial charge in [-0.2, -0.15) is 0 Å². The molecular weight excluding hydrogens is 280 g/mol. The lowest BCUT2D eigenvalue weighted by Gasteiger charge is -2.09. The molecule has 1 fully saturated rings. The van der Waals surface area contributed by atoms with E-state index in [0.717, 1.165) is 17.7 Å². The van der Waals surface area contributed by atoms with Crippen molar-refractivity contribution in [1.82, 2.24) is 0 Å². The zero-order valence-electron chi connectivity index (χ0n) is 10.9. The summed E-state index contributed by atoms with van der Waals surface area (Å²) in [5, 5.41) is 10.0. The van der Waals surface area contributed by atoms with E-state index in [9.17, 15) is 9.90 Å². The molecule has 1 aliphatic rings. The van der Waals surface area contributed by atoms with Crippen molar-refractivity contribution in [1.29, 1.82) is 0 Å². The summed E-state index contributed by atoms with van der Waals surface area (Å²) < 4.78 is 0. The first kappa shape index (κ1) is 14.5. The minimum atomic E-state index is -0.875. The minimum absolute atomic E-state index is 0.376. The Morgan fingerprint density at radius 2 is 2.11 bits per heavy atom. The number of aliphatic carboxylic acids is 1. The van der Waals surface area contributed by atoms with E-state index in [-0.39, 0.29) is 0 Å². The van der Waals surface area contributed by atoms with Crippen LogP contribution in [0.1, 0.15) is 31.2 Å². The van der Waals surface area contributed by atoms with Crippen LogP contribution in [0.25, 0.3) is 5.57 Å². The Morgan fingerprint density at radius 3 is 2.63 bits per heavy atom. The van der Waals surface area contributed by atoms with E-state index >= 15 is 0 Å². The van der Waals surface area contributed by atoms with Gasteiger partial charge in [-0.15, -0.1) is 11.8 Å². The Balaban J connectivity index is 2.33. The van der Waals surface area contributed by atoms with Crippen molar-refractivity contribution in [2.75, 3.05) is 6.26 Å². The first-order chi connectivity index (χ1) is 9.11. The zero-order valence-corrected chi connectivity index (χ0v) is 12.4. The number of benzene rings is 1. The SMILES string of the molecule is CSc1ccc(/C(=C/C2CCCC2)C(=O)O)cc1Cl. The molecule has 2 rings (SSSR count). The highest BCUT2D eigenvalue weighted by Gasteiger charge is 2.18. The van der Waals surface area contributed by atoms with Crippen LogP contribution in [-0.4, -0.2) is 17.3 Å². The molecule has 1 aromatic carbocycles. The fraction of sp³-hybridized carbons (Fsp3) is 0.400. The monoisotopic (exact) mass is 296 g/mol. The van der Waals surface area contributed by atoms with E-state index in [1.807, 2.05) is 24.5 Å². The first-order valence-electron chi connectivity index (χ1n) is 6.41. The quantitative estimate of drug-likeness (QED) is 0.645. The lowest BCUT2D eigenvalue weighted by molar-refractivity contribution is -0.130. The van der Waals surface area contributed by atoms with Gasteiger partial charge >= 0.3 is 5.97 Å². The molecule has 0 bridgehead atoms. The van der Waals surface area contributed by atoms with Gasteiger partial charge in [0.2, 0.25) is 0 Å². The van der Waals surface area contributed by atoms with E-state index in [2.05, 4.69) is 0 Å². The van der Waals surface area contributed by atoms with Crippen molar-refractivity contribution < 1.29 is 9.90 Å². The second-order valence-electron chi connectivity index (χ2n) is 4.78. The summed E-state index contributed by atoms with van der Waals surface area (Å²) in [5.41, 5.74) is 1.07. The van der Waals surface area contributed by atoms with Gasteiger partial charge in [-0.25, -0.2) is 4.79 Å². The van der Waals surface area contributed by atoms with Crippen molar-refractivity contribution in [3.05, 3.63) is 34.9 Å². The van der Waals surface area contributed by atoms with E-state index in [4.69, 9.17) is 11.6 Å². The summed E-state index contributed by atoms with van der Waals surface area (Å²) in [6, 6.07) is 5.47. The summed E-state index contributed by atoms with van der Waals surface area (Å²) in [6.07, 6.45) is 8.43. The number of thioether (sulfide) groups is 1. The standard InChI is InChI=1S/C15H17ClO2S/c1-19-14-7-6-11(9-13(14)16)12(15(17)18)8-10-4-2-3-5-10/h6-10H,2-5H2,1H3,(H,17,18)/b12-8-. The third kappa shape index (κ3) is 3.54. The van der Waals surface area contributed by atoms with Gasteiger partial charge in [0, 0.05) is 4.90 Å². The Morgan fingerprint density at radius 1 is 1.42 bits per heavy atom. The van der Waals surface area contributed by atoms with Crippen molar-refractivity contribution in [2.45, 2.75) is 30.6 Å². The average molecular weight is 297 g/mol. The molecule has 1 N–H and O–H groups in total. The van der Waals surface area contributed by atoms with Gasteiger partial charge in [-0.3, -0.25) is 0 Å². The van der Waals surface area contributed by atoms with Gasteiger partial charge in [0.05, 0.1) is 10.6 Å². The van der Waals surface area contributed by atoms with Crippen molar-refractivity contribution in [3.63, 3.8) is 0 Å². The molecule has 0 atom stereocenters. The third-order valence-corrected chi connectivity index (χ3v) is 4.72. The van der Waals surface area contributed by atoms with Crippen LogP contribution in [0.4, 0.5) is 0 Å². The maximum absolute atomic E-state index is 11.4. The highest BCUT2D eigenvalue weighted by Crippen LogP contribution is 2.32. The van der Waals surface area contributed by atoms with Crippen LogP contribution < -0.4 is 0 Å². The summed E-state index contributed by atoms with van der Waals surface area (Å²) in [6.45, 7) is 0. The van der Waals surface area contributed by atoms with Gasteiger partial charge in [-0.05, 0) is 42.7 Å². The van der Waals surface area contributed by atoms with Crippen LogP contribution in [0, 0.1) is 5.92 Å². The van der Waals surface area contributed by atoms with Gasteiger partial charge in [0.1, 0.15) is 0 Å². The van der Waals surface area contributed by atoms with Gasteiger partial charge in [0.25, 0.3) is 0 Å². The number of halogens is 1. The normalized spacial score (nSPS) is 16.8. The number of carboxylic acids is 1. The molecule has 1 saturated carbocycles. The fourth-order valence-corrected chi connectivity index (χ4v) is 3.35. The Kier molecular flexibility index (Phi) is 4.94. The molecule has 19 heavy (non-hydrogen) atoms. The molecule has 0 spiro atoms. The summed E-state index contributed by atoms with van der Waals surface area (Å²) in [7, 11) is 0. The molecule has 0 amide bonds. The second-order valence-corrected chi connectivity index (χ2v) is 6.03. The largest absolute Gasteiger partial charge is 0.478 e. The highest BCUT2D eigenvalue weighted by atomic mass is 35.5. The summed E-state index contributed by atoms with van der Waals surface area (Å²) in [5.74, 6) is -0.482. The molecule has 0 heterocycles. The number of rotatable bonds is 4. The summed E-state index contributed by atoms with van der Waals surface area (Å²) >= 11 is 7.71. The molecule has 102 valence electrons. The maximum atomic E-state index is 11.4. The van der Waals surface area contributed by atoms with Crippen molar-refractivity contribution in [3.8, 4) is 0 Å². The minimum Gasteiger partial charge on any atom is -0.478 e. The third-order valence-electron chi connectivity index (χ3n) is 3.50. The fourth-order valence-electron chi connectivity index (χ4n) is 2.48. The van der Waals surface area contributed by atoms with Crippen molar-refractivity contribution in [2.24, 2.45) is 5.92 Å². The molecule has 0 aliphatic heterocycles. The Bertz CT molecular complexity index is 505. The predicted molar refractivity (Wildman–Crippen MR) is 80.8 cm³/mol. The molecular formula is C15H17ClO2S. The number of hydrogen-bond donors (Lipinski definition) is 1.